The van der Waals surface area contributed by atoms with Gasteiger partial charge in [0.05, 0.1) is 0 Å². The van der Waals surface area contributed by atoms with Gasteiger partial charge in [-0.05, 0) is 30.0 Å². The normalized spacial score (nSPS) is 20.9. The Balaban J connectivity index is 1.52. The van der Waals surface area contributed by atoms with Crippen molar-refractivity contribution in [3.05, 3.63) is 57.0 Å². The van der Waals surface area contributed by atoms with Gasteiger partial charge in [-0.3, -0.25) is 4.99 Å². The zero-order chi connectivity index (χ0) is 15.5. The number of benzene rings is 1. The van der Waals surface area contributed by atoms with Crippen molar-refractivity contribution >= 4 is 28.9 Å². The van der Waals surface area contributed by atoms with Gasteiger partial charge in [0.15, 0.2) is 5.96 Å². The Kier molecular flexibility index (Phi) is 4.64. The number of rotatable bonds is 5. The molecule has 1 aromatic carbocycles. The summed E-state index contributed by atoms with van der Waals surface area (Å²) in [5.41, 5.74) is 6.46. The quantitative estimate of drug-likeness (QED) is 0.647. The first-order valence-electron chi connectivity index (χ1n) is 7.18. The van der Waals surface area contributed by atoms with Crippen LogP contribution in [-0.4, -0.2) is 18.5 Å². The van der Waals surface area contributed by atoms with Crippen molar-refractivity contribution in [1.29, 1.82) is 0 Å². The molecule has 0 aliphatic heterocycles. The maximum atomic E-state index is 13.8. The highest BCUT2D eigenvalue weighted by Crippen LogP contribution is 2.44. The number of nitrogens with one attached hydrogen (secondary N) is 1. The molecule has 2 atom stereocenters. The first-order chi connectivity index (χ1) is 10.6. The van der Waals surface area contributed by atoms with Crippen LogP contribution >= 0.6 is 22.9 Å². The molecular weight excluding hydrogens is 321 g/mol. The van der Waals surface area contributed by atoms with E-state index in [0.717, 1.165) is 12.8 Å². The molecule has 1 aromatic heterocycles. The number of aliphatic imine (C=N–C) groups is 1. The van der Waals surface area contributed by atoms with Crippen LogP contribution in [0, 0.1) is 5.82 Å². The number of thiophene rings is 1. The standard InChI is InChI=1S/C16H17ClFN3S/c17-12-4-1-5-13(18)15(12)11-9-14(11)21-16(19)20-7-6-10-3-2-8-22-10/h1-5,8,11,14H,6-7,9H2,(H3,19,20,21)/t11-,14-/m1/s1. The zero-order valence-electron chi connectivity index (χ0n) is 11.9. The number of hydrogen-bond acceptors (Lipinski definition) is 2. The van der Waals surface area contributed by atoms with Gasteiger partial charge in [0.1, 0.15) is 5.82 Å². The minimum absolute atomic E-state index is 0.0692. The minimum Gasteiger partial charge on any atom is -0.370 e. The fraction of sp³-hybridized carbons (Fsp3) is 0.312. The van der Waals surface area contributed by atoms with E-state index in [2.05, 4.69) is 16.4 Å². The minimum atomic E-state index is -0.255. The molecule has 1 saturated carbocycles. The summed E-state index contributed by atoms with van der Waals surface area (Å²) in [6.07, 6.45) is 1.70. The van der Waals surface area contributed by atoms with E-state index in [4.69, 9.17) is 17.3 Å². The number of halogens is 2. The van der Waals surface area contributed by atoms with E-state index in [1.807, 2.05) is 11.4 Å². The molecular formula is C16H17ClFN3S. The molecule has 1 fully saturated rings. The molecule has 0 bridgehead atoms. The Morgan fingerprint density at radius 1 is 1.41 bits per heavy atom. The monoisotopic (exact) mass is 337 g/mol. The Bertz CT molecular complexity index is 652. The summed E-state index contributed by atoms with van der Waals surface area (Å²) in [5.74, 6) is 0.228. The van der Waals surface area contributed by atoms with Crippen LogP contribution in [0.5, 0.6) is 0 Å². The van der Waals surface area contributed by atoms with Crippen LogP contribution in [0.15, 0.2) is 40.7 Å². The summed E-state index contributed by atoms with van der Waals surface area (Å²) in [4.78, 5) is 5.61. The Hall–Kier alpha value is -1.59. The second kappa shape index (κ2) is 6.67. The Labute approximate surface area is 138 Å². The van der Waals surface area contributed by atoms with Crippen molar-refractivity contribution in [1.82, 2.24) is 5.32 Å². The van der Waals surface area contributed by atoms with E-state index in [9.17, 15) is 4.39 Å². The number of nitrogens with zero attached hydrogens (tertiary/aromatic N) is 1. The third-order valence-electron chi connectivity index (χ3n) is 3.71. The lowest BCUT2D eigenvalue weighted by molar-refractivity contribution is 0.608. The molecule has 0 spiro atoms. The van der Waals surface area contributed by atoms with Crippen molar-refractivity contribution in [2.75, 3.05) is 6.54 Å². The predicted octanol–water partition coefficient (Wildman–Crippen LogP) is 3.54. The topological polar surface area (TPSA) is 50.4 Å². The van der Waals surface area contributed by atoms with Crippen molar-refractivity contribution in [2.24, 2.45) is 10.7 Å². The predicted molar refractivity (Wildman–Crippen MR) is 90.2 cm³/mol. The van der Waals surface area contributed by atoms with Crippen LogP contribution < -0.4 is 11.1 Å². The van der Waals surface area contributed by atoms with E-state index in [0.29, 0.717) is 23.1 Å². The van der Waals surface area contributed by atoms with E-state index in [1.165, 1.54) is 10.9 Å². The summed E-state index contributed by atoms with van der Waals surface area (Å²) in [7, 11) is 0. The third-order valence-corrected chi connectivity index (χ3v) is 4.98. The molecule has 0 unspecified atom stereocenters. The summed E-state index contributed by atoms with van der Waals surface area (Å²) in [6, 6.07) is 8.99. The summed E-state index contributed by atoms with van der Waals surface area (Å²) < 4.78 is 13.8. The van der Waals surface area contributed by atoms with E-state index < -0.39 is 0 Å². The third kappa shape index (κ3) is 3.59. The molecule has 0 saturated heterocycles. The smallest absolute Gasteiger partial charge is 0.188 e. The van der Waals surface area contributed by atoms with Crippen molar-refractivity contribution in [3.63, 3.8) is 0 Å². The van der Waals surface area contributed by atoms with Crippen LogP contribution in [0.3, 0.4) is 0 Å². The largest absolute Gasteiger partial charge is 0.370 e. The summed E-state index contributed by atoms with van der Waals surface area (Å²) in [5, 5.41) is 5.67. The molecule has 2 aromatic rings. The van der Waals surface area contributed by atoms with Gasteiger partial charge in [0.2, 0.25) is 0 Å². The van der Waals surface area contributed by atoms with Gasteiger partial charge in [0.25, 0.3) is 0 Å². The molecule has 3 N–H and O–H groups in total. The molecule has 116 valence electrons. The maximum Gasteiger partial charge on any atom is 0.188 e. The highest BCUT2D eigenvalue weighted by Gasteiger charge is 2.41. The van der Waals surface area contributed by atoms with Gasteiger partial charge in [-0.2, -0.15) is 0 Å². The molecule has 22 heavy (non-hydrogen) atoms. The van der Waals surface area contributed by atoms with E-state index >= 15 is 0 Å². The average Bonchev–Trinajstić information content (AvgIpc) is 2.99. The molecule has 1 heterocycles. The molecule has 1 aliphatic rings. The van der Waals surface area contributed by atoms with Gasteiger partial charge in [-0.15, -0.1) is 11.3 Å². The van der Waals surface area contributed by atoms with E-state index in [1.54, 1.807) is 23.5 Å². The number of guanidine groups is 1. The van der Waals surface area contributed by atoms with Crippen LogP contribution in [0.25, 0.3) is 0 Å². The first-order valence-corrected chi connectivity index (χ1v) is 8.43. The van der Waals surface area contributed by atoms with Crippen LogP contribution in [0.4, 0.5) is 4.39 Å². The maximum absolute atomic E-state index is 13.8. The van der Waals surface area contributed by atoms with Crippen molar-refractivity contribution < 1.29 is 4.39 Å². The highest BCUT2D eigenvalue weighted by atomic mass is 35.5. The lowest BCUT2D eigenvalue weighted by Crippen LogP contribution is -2.34. The molecule has 3 rings (SSSR count). The lowest BCUT2D eigenvalue weighted by atomic mass is 10.1. The van der Waals surface area contributed by atoms with E-state index in [-0.39, 0.29) is 17.8 Å². The van der Waals surface area contributed by atoms with Crippen molar-refractivity contribution in [2.45, 2.75) is 24.8 Å². The fourth-order valence-electron chi connectivity index (χ4n) is 2.52. The average molecular weight is 338 g/mol. The van der Waals surface area contributed by atoms with Crippen molar-refractivity contribution in [3.8, 4) is 0 Å². The molecule has 0 amide bonds. The van der Waals surface area contributed by atoms with Gasteiger partial charge < -0.3 is 11.1 Å². The number of hydrogen-bond donors (Lipinski definition) is 2. The van der Waals surface area contributed by atoms with Gasteiger partial charge in [-0.25, -0.2) is 4.39 Å². The van der Waals surface area contributed by atoms with Gasteiger partial charge >= 0.3 is 0 Å². The Morgan fingerprint density at radius 3 is 3.00 bits per heavy atom. The fourth-order valence-corrected chi connectivity index (χ4v) is 3.52. The van der Waals surface area contributed by atoms with Crippen LogP contribution in [0.1, 0.15) is 22.8 Å². The van der Waals surface area contributed by atoms with Crippen LogP contribution in [0.2, 0.25) is 5.02 Å². The first kappa shape index (κ1) is 15.3. The molecule has 0 radical (unpaired) electrons. The molecule has 3 nitrogen and oxygen atoms in total. The Morgan fingerprint density at radius 2 is 2.27 bits per heavy atom. The van der Waals surface area contributed by atoms with Crippen LogP contribution in [-0.2, 0) is 6.42 Å². The lowest BCUT2D eigenvalue weighted by Gasteiger charge is -2.07. The zero-order valence-corrected chi connectivity index (χ0v) is 13.5. The molecule has 6 heteroatoms. The second-order valence-electron chi connectivity index (χ2n) is 5.32. The van der Waals surface area contributed by atoms with Gasteiger partial charge in [-0.1, -0.05) is 23.7 Å². The second-order valence-corrected chi connectivity index (χ2v) is 6.76. The number of nitrogens with two attached hydrogens (primary N) is 1. The highest BCUT2D eigenvalue weighted by molar-refractivity contribution is 7.09. The summed E-state index contributed by atoms with van der Waals surface area (Å²) in [6.45, 7) is 0.650. The summed E-state index contributed by atoms with van der Waals surface area (Å²) >= 11 is 7.79. The molecule has 1 aliphatic carbocycles. The SMILES string of the molecule is NC(=NCCc1cccs1)N[C@@H]1C[C@H]1c1c(F)cccc1Cl. The van der Waals surface area contributed by atoms with Gasteiger partial charge in [0, 0.05) is 40.4 Å².